The summed E-state index contributed by atoms with van der Waals surface area (Å²) in [4.78, 5) is 4.28. The van der Waals surface area contributed by atoms with Crippen LogP contribution in [0.15, 0.2) is 53.7 Å². The van der Waals surface area contributed by atoms with Gasteiger partial charge in [-0.1, -0.05) is 31.2 Å². The Hall–Kier alpha value is -3.09. The summed E-state index contributed by atoms with van der Waals surface area (Å²) in [6.45, 7) is 3.43. The van der Waals surface area contributed by atoms with Crippen LogP contribution in [0, 0.1) is 0 Å². The number of nitrogens with one attached hydrogen (secondary N) is 2. The van der Waals surface area contributed by atoms with E-state index in [0.29, 0.717) is 6.54 Å². The molecule has 0 spiro atoms. The predicted molar refractivity (Wildman–Crippen MR) is 103 cm³/mol. The Morgan fingerprint density at radius 1 is 1.15 bits per heavy atom. The van der Waals surface area contributed by atoms with Crippen LogP contribution >= 0.6 is 0 Å². The molecular formula is C19H24N6O. The summed E-state index contributed by atoms with van der Waals surface area (Å²) in [5.41, 5.74) is 2.00. The number of nitrogens with zero attached hydrogens (tertiary/aromatic N) is 4. The molecule has 0 saturated carbocycles. The first-order chi connectivity index (χ1) is 12.7. The van der Waals surface area contributed by atoms with Crippen LogP contribution in [-0.4, -0.2) is 41.3 Å². The maximum absolute atomic E-state index is 5.45. The molecule has 7 nitrogen and oxygen atoms in total. The Kier molecular flexibility index (Phi) is 5.68. The van der Waals surface area contributed by atoms with Gasteiger partial charge in [0, 0.05) is 25.7 Å². The molecule has 2 heterocycles. The van der Waals surface area contributed by atoms with E-state index in [-0.39, 0.29) is 5.92 Å². The maximum atomic E-state index is 5.45. The Balaban J connectivity index is 1.58. The number of fused-ring (bicyclic) bond motifs is 1. The Morgan fingerprint density at radius 3 is 2.77 bits per heavy atom. The molecule has 0 radical (unpaired) electrons. The average molecular weight is 352 g/mol. The van der Waals surface area contributed by atoms with Gasteiger partial charge in [0.15, 0.2) is 17.4 Å². The molecule has 26 heavy (non-hydrogen) atoms. The molecule has 2 aromatic heterocycles. The number of pyridine rings is 1. The van der Waals surface area contributed by atoms with Crippen LogP contribution in [0.5, 0.6) is 5.75 Å². The van der Waals surface area contributed by atoms with E-state index in [1.807, 2.05) is 47.0 Å². The van der Waals surface area contributed by atoms with Crippen LogP contribution < -0.4 is 15.4 Å². The van der Waals surface area contributed by atoms with Gasteiger partial charge in [0.05, 0.1) is 13.7 Å². The number of aliphatic imine (C=N–C) groups is 1. The minimum absolute atomic E-state index is 0.277. The van der Waals surface area contributed by atoms with Gasteiger partial charge in [-0.15, -0.1) is 10.2 Å². The van der Waals surface area contributed by atoms with Crippen molar-refractivity contribution in [3.05, 3.63) is 60.0 Å². The summed E-state index contributed by atoms with van der Waals surface area (Å²) in [6.07, 6.45) is 1.95. The van der Waals surface area contributed by atoms with Gasteiger partial charge in [-0.3, -0.25) is 9.39 Å². The van der Waals surface area contributed by atoms with Crippen molar-refractivity contribution in [3.8, 4) is 5.75 Å². The number of hydrogen-bond acceptors (Lipinski definition) is 4. The summed E-state index contributed by atoms with van der Waals surface area (Å²) < 4.78 is 7.40. The second kappa shape index (κ2) is 8.33. The number of para-hydroxylation sites is 1. The fourth-order valence-corrected chi connectivity index (χ4v) is 2.83. The molecule has 2 N–H and O–H groups in total. The molecule has 1 aromatic carbocycles. The van der Waals surface area contributed by atoms with Gasteiger partial charge in [-0.2, -0.15) is 0 Å². The molecule has 0 amide bonds. The molecule has 7 heteroatoms. The number of hydrogen-bond donors (Lipinski definition) is 2. The molecule has 1 atom stereocenters. The quantitative estimate of drug-likeness (QED) is 0.525. The number of aromatic nitrogens is 3. The van der Waals surface area contributed by atoms with Crippen molar-refractivity contribution in [2.45, 2.75) is 19.4 Å². The van der Waals surface area contributed by atoms with E-state index >= 15 is 0 Å². The minimum atomic E-state index is 0.277. The smallest absolute Gasteiger partial charge is 0.191 e. The largest absolute Gasteiger partial charge is 0.496 e. The van der Waals surface area contributed by atoms with Gasteiger partial charge in [-0.05, 0) is 23.8 Å². The number of rotatable bonds is 6. The van der Waals surface area contributed by atoms with E-state index < -0.39 is 0 Å². The highest BCUT2D eigenvalue weighted by Gasteiger charge is 2.12. The number of methoxy groups -OCH3 is 1. The maximum Gasteiger partial charge on any atom is 0.191 e. The number of guanidine groups is 1. The second-order valence-corrected chi connectivity index (χ2v) is 5.99. The highest BCUT2D eigenvalue weighted by atomic mass is 16.5. The van der Waals surface area contributed by atoms with Gasteiger partial charge >= 0.3 is 0 Å². The number of ether oxygens (including phenoxy) is 1. The standard InChI is InChI=1S/C19H24N6O/c1-14(15-8-4-5-9-16(15)26-3)12-21-19(20-2)22-13-18-24-23-17-10-6-7-11-25(17)18/h4-11,14H,12-13H2,1-3H3,(H2,20,21,22). The summed E-state index contributed by atoms with van der Waals surface area (Å²) in [7, 11) is 3.45. The Morgan fingerprint density at radius 2 is 1.96 bits per heavy atom. The summed E-state index contributed by atoms with van der Waals surface area (Å²) >= 11 is 0. The van der Waals surface area contributed by atoms with Crippen LogP contribution in [-0.2, 0) is 6.54 Å². The summed E-state index contributed by atoms with van der Waals surface area (Å²) in [5, 5.41) is 15.0. The third-order valence-electron chi connectivity index (χ3n) is 4.27. The lowest BCUT2D eigenvalue weighted by Crippen LogP contribution is -2.39. The average Bonchev–Trinajstić information content (AvgIpc) is 3.11. The van der Waals surface area contributed by atoms with Gasteiger partial charge < -0.3 is 15.4 Å². The van der Waals surface area contributed by atoms with E-state index in [4.69, 9.17) is 4.74 Å². The fraction of sp³-hybridized carbons (Fsp3) is 0.316. The van der Waals surface area contributed by atoms with E-state index in [0.717, 1.165) is 29.7 Å². The molecule has 3 aromatic rings. The molecule has 3 rings (SSSR count). The summed E-state index contributed by atoms with van der Waals surface area (Å²) in [5.74, 6) is 2.74. The monoisotopic (exact) mass is 352 g/mol. The highest BCUT2D eigenvalue weighted by Crippen LogP contribution is 2.25. The molecule has 0 bridgehead atoms. The molecule has 0 fully saturated rings. The third-order valence-corrected chi connectivity index (χ3v) is 4.27. The van der Waals surface area contributed by atoms with E-state index in [9.17, 15) is 0 Å². The molecule has 0 aliphatic rings. The van der Waals surface area contributed by atoms with Gasteiger partial charge in [-0.25, -0.2) is 0 Å². The molecule has 0 saturated heterocycles. The first-order valence-electron chi connectivity index (χ1n) is 8.59. The summed E-state index contributed by atoms with van der Waals surface area (Å²) in [6, 6.07) is 13.9. The highest BCUT2D eigenvalue weighted by molar-refractivity contribution is 5.79. The zero-order chi connectivity index (χ0) is 18.4. The van der Waals surface area contributed by atoms with Gasteiger partial charge in [0.25, 0.3) is 0 Å². The van der Waals surface area contributed by atoms with E-state index in [1.165, 1.54) is 5.56 Å². The Labute approximate surface area is 153 Å². The van der Waals surface area contributed by atoms with Gasteiger partial charge in [0.1, 0.15) is 5.75 Å². The second-order valence-electron chi connectivity index (χ2n) is 5.99. The predicted octanol–water partition coefficient (Wildman–Crippen LogP) is 2.21. The zero-order valence-corrected chi connectivity index (χ0v) is 15.3. The fourth-order valence-electron chi connectivity index (χ4n) is 2.83. The topological polar surface area (TPSA) is 75.8 Å². The normalized spacial score (nSPS) is 12.8. The molecule has 0 aliphatic carbocycles. The first kappa shape index (κ1) is 17.7. The van der Waals surface area contributed by atoms with Crippen molar-refractivity contribution in [2.75, 3.05) is 20.7 Å². The van der Waals surface area contributed by atoms with Crippen molar-refractivity contribution in [3.63, 3.8) is 0 Å². The molecular weight excluding hydrogens is 328 g/mol. The van der Waals surface area contributed by atoms with Crippen LogP contribution in [0.1, 0.15) is 24.2 Å². The van der Waals surface area contributed by atoms with Crippen LogP contribution in [0.25, 0.3) is 5.65 Å². The number of benzene rings is 1. The van der Waals surface area contributed by atoms with Crippen molar-refractivity contribution in [2.24, 2.45) is 4.99 Å². The van der Waals surface area contributed by atoms with Gasteiger partial charge in [0.2, 0.25) is 0 Å². The minimum Gasteiger partial charge on any atom is -0.496 e. The lowest BCUT2D eigenvalue weighted by Gasteiger charge is -2.18. The Bertz CT molecular complexity index is 888. The first-order valence-corrected chi connectivity index (χ1v) is 8.59. The van der Waals surface area contributed by atoms with Crippen molar-refractivity contribution in [1.29, 1.82) is 0 Å². The molecule has 0 aliphatic heterocycles. The van der Waals surface area contributed by atoms with E-state index in [1.54, 1.807) is 14.2 Å². The van der Waals surface area contributed by atoms with Crippen LogP contribution in [0.2, 0.25) is 0 Å². The zero-order valence-electron chi connectivity index (χ0n) is 15.3. The molecule has 136 valence electrons. The van der Waals surface area contributed by atoms with Crippen molar-refractivity contribution in [1.82, 2.24) is 25.2 Å². The third kappa shape index (κ3) is 3.93. The van der Waals surface area contributed by atoms with Crippen LogP contribution in [0.3, 0.4) is 0 Å². The SMILES string of the molecule is CN=C(NCc1nnc2ccccn12)NCC(C)c1ccccc1OC. The molecule has 1 unspecified atom stereocenters. The van der Waals surface area contributed by atoms with Crippen LogP contribution in [0.4, 0.5) is 0 Å². The lowest BCUT2D eigenvalue weighted by atomic mass is 10.0. The van der Waals surface area contributed by atoms with Crippen molar-refractivity contribution < 1.29 is 4.74 Å². The van der Waals surface area contributed by atoms with E-state index in [2.05, 4.69) is 38.8 Å². The lowest BCUT2D eigenvalue weighted by molar-refractivity contribution is 0.406. The van der Waals surface area contributed by atoms with Crippen molar-refractivity contribution >= 4 is 11.6 Å².